The summed E-state index contributed by atoms with van der Waals surface area (Å²) >= 11 is 12.4. The van der Waals surface area contributed by atoms with Crippen LogP contribution in [0.15, 0.2) is 57.6 Å². The average molecular weight is 517 g/mol. The molecule has 0 aliphatic carbocycles. The van der Waals surface area contributed by atoms with Crippen molar-refractivity contribution >= 4 is 46.9 Å². The van der Waals surface area contributed by atoms with Crippen molar-refractivity contribution in [2.24, 2.45) is 5.92 Å². The minimum atomic E-state index is -0.784. The molecular weight excluding hydrogens is 491 g/mol. The second-order valence-electron chi connectivity index (χ2n) is 8.33. The van der Waals surface area contributed by atoms with E-state index < -0.39 is 23.3 Å². The molecule has 0 radical (unpaired) electrons. The van der Waals surface area contributed by atoms with E-state index in [1.807, 2.05) is 26.0 Å². The fourth-order valence-electron chi connectivity index (χ4n) is 3.41. The summed E-state index contributed by atoms with van der Waals surface area (Å²) in [4.78, 5) is 42.2. The lowest BCUT2D eigenvalue weighted by Gasteiger charge is -2.17. The number of rotatable bonds is 8. The smallest absolute Gasteiger partial charge is 0.354 e. The number of hydrogen-bond donors (Lipinski definition) is 1. The number of benzene rings is 2. The molecule has 8 nitrogen and oxygen atoms in total. The molecule has 0 aliphatic rings. The maximum absolute atomic E-state index is 13.4. The van der Waals surface area contributed by atoms with Gasteiger partial charge in [0.05, 0.1) is 19.6 Å². The molecule has 3 rings (SSSR count). The summed E-state index contributed by atoms with van der Waals surface area (Å²) in [7, 11) is 1.25. The van der Waals surface area contributed by atoms with Crippen LogP contribution in [0.4, 0.5) is 11.6 Å². The largest absolute Gasteiger partial charge is 0.469 e. The van der Waals surface area contributed by atoms with Crippen LogP contribution < -0.4 is 16.7 Å². The van der Waals surface area contributed by atoms with Gasteiger partial charge >= 0.3 is 17.3 Å². The van der Waals surface area contributed by atoms with Crippen molar-refractivity contribution < 1.29 is 9.53 Å². The molecule has 0 unspecified atom stereocenters. The molecule has 0 saturated carbocycles. The maximum Gasteiger partial charge on any atom is 0.354 e. The van der Waals surface area contributed by atoms with Crippen molar-refractivity contribution in [1.29, 1.82) is 0 Å². The standard InChI is InChI=1S/C25H26Cl2N4O4/c1-15(2)11-18-7-10-20(12-21(18)27)28-23-29-24(33)31(13-16(3)22(32)35-4)25(34)30(23)14-17-5-8-19(26)9-6-17/h5-12,16H,13-14H2,1-4H3,(H,28,29,33)/t16-/m0/s1. The van der Waals surface area contributed by atoms with E-state index in [2.05, 4.69) is 10.3 Å². The number of esters is 1. The number of hydrogen-bond acceptors (Lipinski definition) is 6. The van der Waals surface area contributed by atoms with Gasteiger partial charge in [-0.25, -0.2) is 14.2 Å². The summed E-state index contributed by atoms with van der Waals surface area (Å²) in [6.07, 6.45) is 1.95. The molecule has 0 aliphatic heterocycles. The number of anilines is 2. The molecule has 0 bridgehead atoms. The fraction of sp³-hybridized carbons (Fsp3) is 0.280. The van der Waals surface area contributed by atoms with E-state index in [4.69, 9.17) is 27.9 Å². The van der Waals surface area contributed by atoms with Gasteiger partial charge in [-0.2, -0.15) is 4.98 Å². The van der Waals surface area contributed by atoms with E-state index in [0.717, 1.165) is 21.3 Å². The molecule has 1 N–H and O–H groups in total. The first kappa shape index (κ1) is 26.2. The molecule has 0 amide bonds. The number of carbonyl (C=O) groups excluding carboxylic acids is 1. The third-order valence-corrected chi connectivity index (χ3v) is 5.74. The van der Waals surface area contributed by atoms with Crippen LogP contribution in [0.2, 0.25) is 10.0 Å². The van der Waals surface area contributed by atoms with Gasteiger partial charge in [-0.3, -0.25) is 9.36 Å². The number of halogens is 2. The van der Waals surface area contributed by atoms with E-state index in [1.165, 1.54) is 11.7 Å². The molecule has 184 valence electrons. The molecule has 0 spiro atoms. The topological polar surface area (TPSA) is 95.2 Å². The summed E-state index contributed by atoms with van der Waals surface area (Å²) in [5, 5.41) is 4.10. The highest BCUT2D eigenvalue weighted by Gasteiger charge is 2.20. The van der Waals surface area contributed by atoms with Crippen molar-refractivity contribution in [2.45, 2.75) is 33.9 Å². The Balaban J connectivity index is 2.07. The zero-order valence-electron chi connectivity index (χ0n) is 19.8. The molecule has 0 saturated heterocycles. The minimum absolute atomic E-state index is 0.0444. The fourth-order valence-corrected chi connectivity index (χ4v) is 3.77. The predicted octanol–water partition coefficient (Wildman–Crippen LogP) is 4.74. The molecular formula is C25H26Cl2N4O4. The average Bonchev–Trinajstić information content (AvgIpc) is 2.81. The van der Waals surface area contributed by atoms with Crippen LogP contribution in [0.3, 0.4) is 0 Å². The second-order valence-corrected chi connectivity index (χ2v) is 9.17. The van der Waals surface area contributed by atoms with Crippen molar-refractivity contribution in [3.8, 4) is 0 Å². The number of methoxy groups -OCH3 is 1. The summed E-state index contributed by atoms with van der Waals surface area (Å²) in [5.74, 6) is -1.20. The first-order valence-electron chi connectivity index (χ1n) is 10.8. The van der Waals surface area contributed by atoms with Gasteiger partial charge in [0.25, 0.3) is 0 Å². The number of aromatic nitrogens is 3. The first-order valence-corrected chi connectivity index (χ1v) is 11.6. The molecule has 3 aromatic rings. The van der Waals surface area contributed by atoms with Crippen molar-refractivity contribution in [2.75, 3.05) is 12.4 Å². The molecule has 10 heteroatoms. The molecule has 35 heavy (non-hydrogen) atoms. The molecule has 1 atom stereocenters. The van der Waals surface area contributed by atoms with Crippen LogP contribution in [0.1, 0.15) is 31.9 Å². The highest BCUT2D eigenvalue weighted by Crippen LogP contribution is 2.25. The van der Waals surface area contributed by atoms with Crippen molar-refractivity contribution in [3.05, 3.63) is 90.2 Å². The molecule has 1 heterocycles. The number of nitrogens with one attached hydrogen (secondary N) is 1. The highest BCUT2D eigenvalue weighted by molar-refractivity contribution is 6.32. The quantitative estimate of drug-likeness (QED) is 0.434. The molecule has 0 fully saturated rings. The highest BCUT2D eigenvalue weighted by atomic mass is 35.5. The van der Waals surface area contributed by atoms with Gasteiger partial charge in [0.1, 0.15) is 0 Å². The first-order chi connectivity index (χ1) is 16.6. The summed E-state index contributed by atoms with van der Waals surface area (Å²) < 4.78 is 6.97. The maximum atomic E-state index is 13.4. The lowest BCUT2D eigenvalue weighted by atomic mass is 10.1. The summed E-state index contributed by atoms with van der Waals surface area (Å²) in [6.45, 7) is 5.46. The van der Waals surface area contributed by atoms with Gasteiger partial charge < -0.3 is 10.1 Å². The predicted molar refractivity (Wildman–Crippen MR) is 139 cm³/mol. The van der Waals surface area contributed by atoms with E-state index in [1.54, 1.807) is 43.3 Å². The van der Waals surface area contributed by atoms with Gasteiger partial charge in [-0.15, -0.1) is 0 Å². The zero-order chi connectivity index (χ0) is 25.7. The van der Waals surface area contributed by atoms with Crippen LogP contribution in [-0.4, -0.2) is 27.2 Å². The zero-order valence-corrected chi connectivity index (χ0v) is 21.4. The van der Waals surface area contributed by atoms with Gasteiger partial charge in [0.2, 0.25) is 5.95 Å². The minimum Gasteiger partial charge on any atom is -0.469 e. The Labute approximate surface area is 212 Å². The van der Waals surface area contributed by atoms with Gasteiger partial charge in [0, 0.05) is 22.3 Å². The third kappa shape index (κ3) is 6.61. The van der Waals surface area contributed by atoms with E-state index in [-0.39, 0.29) is 19.0 Å². The van der Waals surface area contributed by atoms with Crippen molar-refractivity contribution in [1.82, 2.24) is 14.1 Å². The Morgan fingerprint density at radius 3 is 2.40 bits per heavy atom. The SMILES string of the molecule is COC(=O)[C@@H](C)Cn1c(=O)nc(Nc2ccc(C=C(C)C)c(Cl)c2)n(Cc2ccc(Cl)cc2)c1=O. The summed E-state index contributed by atoms with van der Waals surface area (Å²) in [5.41, 5.74) is 1.85. The second kappa shape index (κ2) is 11.4. The normalized spacial score (nSPS) is 11.6. The Bertz CT molecular complexity index is 1370. The van der Waals surface area contributed by atoms with E-state index in [0.29, 0.717) is 15.7 Å². The van der Waals surface area contributed by atoms with Gasteiger partial charge in [-0.1, -0.05) is 60.0 Å². The lowest BCUT2D eigenvalue weighted by molar-refractivity contribution is -0.145. The summed E-state index contributed by atoms with van der Waals surface area (Å²) in [6, 6.07) is 12.3. The Kier molecular flexibility index (Phi) is 8.53. The van der Waals surface area contributed by atoms with Crippen LogP contribution >= 0.6 is 23.2 Å². The van der Waals surface area contributed by atoms with Crippen LogP contribution in [0, 0.1) is 5.92 Å². The molecule has 1 aromatic heterocycles. The van der Waals surface area contributed by atoms with Crippen LogP contribution in [0.5, 0.6) is 0 Å². The Hall–Kier alpha value is -3.36. The monoisotopic (exact) mass is 516 g/mol. The lowest BCUT2D eigenvalue weighted by Crippen LogP contribution is -2.44. The number of carbonyl (C=O) groups is 1. The van der Waals surface area contributed by atoms with E-state index >= 15 is 0 Å². The van der Waals surface area contributed by atoms with Crippen molar-refractivity contribution in [3.63, 3.8) is 0 Å². The molecule has 2 aromatic carbocycles. The van der Waals surface area contributed by atoms with Gasteiger partial charge in [-0.05, 0) is 49.2 Å². The number of nitrogens with zero attached hydrogens (tertiary/aromatic N) is 3. The number of allylic oxidation sites excluding steroid dienone is 1. The van der Waals surface area contributed by atoms with E-state index in [9.17, 15) is 14.4 Å². The van der Waals surface area contributed by atoms with Crippen LogP contribution in [0.25, 0.3) is 6.08 Å². The Morgan fingerprint density at radius 2 is 1.80 bits per heavy atom. The number of ether oxygens (including phenoxy) is 1. The Morgan fingerprint density at radius 1 is 1.11 bits per heavy atom. The van der Waals surface area contributed by atoms with Gasteiger partial charge in [0.15, 0.2) is 0 Å². The third-order valence-electron chi connectivity index (χ3n) is 5.16. The van der Waals surface area contributed by atoms with Crippen LogP contribution in [-0.2, 0) is 22.6 Å².